The lowest BCUT2D eigenvalue weighted by atomic mass is 9.92. The molecule has 3 heterocycles. The predicted molar refractivity (Wildman–Crippen MR) is 145 cm³/mol. The number of anilines is 1. The van der Waals surface area contributed by atoms with Crippen molar-refractivity contribution in [3.8, 4) is 0 Å². The maximum Gasteiger partial charge on any atom is 0.320 e. The average Bonchev–Trinajstić information content (AvgIpc) is 3.32. The molecule has 0 bridgehead atoms. The Balaban J connectivity index is 1.58. The Morgan fingerprint density at radius 3 is 2.41 bits per heavy atom. The molecular weight excluding hydrogens is 440 g/mol. The van der Waals surface area contributed by atoms with E-state index >= 15 is 0 Å². The van der Waals surface area contributed by atoms with E-state index in [9.17, 15) is 4.79 Å². The fraction of sp³-hybridized carbons (Fsp3) is 0.536. The number of nitrogens with one attached hydrogen (secondary N) is 2. The van der Waals surface area contributed by atoms with Crippen molar-refractivity contribution in [3.05, 3.63) is 56.2 Å². The topological polar surface area (TPSA) is 49.3 Å². The molecule has 4 rings (SSSR count). The molecule has 0 spiro atoms. The van der Waals surface area contributed by atoms with Crippen LogP contribution in [0.2, 0.25) is 0 Å². The van der Waals surface area contributed by atoms with Gasteiger partial charge in [0.25, 0.3) is 0 Å². The molecule has 0 saturated carbocycles. The Bertz CT molecular complexity index is 1110. The number of aryl methyl sites for hydroxylation is 3. The van der Waals surface area contributed by atoms with Crippen LogP contribution in [0.25, 0.3) is 5.70 Å². The lowest BCUT2D eigenvalue weighted by Crippen LogP contribution is -2.34. The van der Waals surface area contributed by atoms with Crippen LogP contribution in [0.5, 0.6) is 0 Å². The Morgan fingerprint density at radius 1 is 1.06 bits per heavy atom. The number of aromatic nitrogens is 1. The molecule has 2 aromatic rings. The first-order valence-corrected chi connectivity index (χ1v) is 13.5. The van der Waals surface area contributed by atoms with Crippen molar-refractivity contribution in [1.82, 2.24) is 14.8 Å². The number of amides is 2. The maximum atomic E-state index is 13.0. The molecule has 0 fully saturated rings. The molecule has 0 radical (unpaired) electrons. The Kier molecular flexibility index (Phi) is 7.68. The Labute approximate surface area is 208 Å². The van der Waals surface area contributed by atoms with Crippen LogP contribution in [0.1, 0.15) is 67.4 Å². The third kappa shape index (κ3) is 5.03. The fourth-order valence-corrected chi connectivity index (χ4v) is 6.91. The van der Waals surface area contributed by atoms with Crippen molar-refractivity contribution in [3.63, 3.8) is 0 Å². The summed E-state index contributed by atoms with van der Waals surface area (Å²) in [5.74, 6) is 0. The molecule has 6 heteroatoms. The molecule has 2 aromatic heterocycles. The summed E-state index contributed by atoms with van der Waals surface area (Å²) in [5, 5.41) is 7.38. The van der Waals surface area contributed by atoms with E-state index in [1.54, 1.807) is 11.3 Å². The normalized spacial score (nSPS) is 17.5. The van der Waals surface area contributed by atoms with Gasteiger partial charge in [0.2, 0.25) is 0 Å². The van der Waals surface area contributed by atoms with Crippen LogP contribution < -0.4 is 10.6 Å². The second-order valence-electron chi connectivity index (χ2n) is 9.87. The van der Waals surface area contributed by atoms with Crippen molar-refractivity contribution in [2.24, 2.45) is 0 Å². The number of hydrogen-bond acceptors (Lipinski definition) is 3. The molecule has 2 N–H and O–H groups in total. The summed E-state index contributed by atoms with van der Waals surface area (Å²) in [6, 6.07) is 4.22. The van der Waals surface area contributed by atoms with E-state index in [1.807, 2.05) is 0 Å². The number of urea groups is 1. The molecule has 184 valence electrons. The summed E-state index contributed by atoms with van der Waals surface area (Å²) in [7, 11) is 0. The number of carbonyl (C=O) groups excluding carboxylic acids is 1. The maximum absolute atomic E-state index is 13.0. The summed E-state index contributed by atoms with van der Waals surface area (Å²) in [5.41, 5.74) is 10.4. The molecule has 34 heavy (non-hydrogen) atoms. The van der Waals surface area contributed by atoms with Crippen molar-refractivity contribution in [2.75, 3.05) is 31.5 Å². The third-order valence-electron chi connectivity index (χ3n) is 7.60. The van der Waals surface area contributed by atoms with Crippen molar-refractivity contribution >= 4 is 28.1 Å². The van der Waals surface area contributed by atoms with Crippen LogP contribution in [-0.4, -0.2) is 41.7 Å². The highest BCUT2D eigenvalue weighted by atomic mass is 32.1. The molecule has 0 unspecified atom stereocenters. The summed E-state index contributed by atoms with van der Waals surface area (Å²) < 4.78 is 2.32. The number of allylic oxidation sites excluding steroid dienone is 1. The van der Waals surface area contributed by atoms with E-state index in [-0.39, 0.29) is 6.03 Å². The van der Waals surface area contributed by atoms with Gasteiger partial charge in [0.05, 0.1) is 5.00 Å². The minimum atomic E-state index is -0.114. The quantitative estimate of drug-likeness (QED) is 0.499. The largest absolute Gasteiger partial charge is 0.334 e. The minimum absolute atomic E-state index is 0.114. The van der Waals surface area contributed by atoms with Crippen molar-refractivity contribution in [2.45, 2.75) is 73.6 Å². The number of nitrogens with zero attached hydrogens (tertiary/aromatic N) is 2. The van der Waals surface area contributed by atoms with E-state index in [0.29, 0.717) is 6.54 Å². The number of thiophene rings is 1. The highest BCUT2D eigenvalue weighted by Gasteiger charge is 2.22. The molecule has 2 aliphatic rings. The number of likely N-dealkylation sites (N-methyl/N-ethyl adjacent to an activating group) is 1. The van der Waals surface area contributed by atoms with Gasteiger partial charge in [-0.15, -0.1) is 11.3 Å². The average molecular weight is 481 g/mol. The van der Waals surface area contributed by atoms with Crippen LogP contribution in [0, 0.1) is 20.8 Å². The number of fused-ring (bicyclic) bond motifs is 1. The van der Waals surface area contributed by atoms with E-state index in [4.69, 9.17) is 0 Å². The zero-order valence-corrected chi connectivity index (χ0v) is 22.5. The number of rotatable bonds is 6. The summed E-state index contributed by atoms with van der Waals surface area (Å²) in [6.45, 7) is 16.8. The van der Waals surface area contributed by atoms with Gasteiger partial charge in [-0.3, -0.25) is 10.2 Å². The zero-order valence-electron chi connectivity index (χ0n) is 21.7. The molecule has 1 aliphatic carbocycles. The van der Waals surface area contributed by atoms with Crippen molar-refractivity contribution in [1.29, 1.82) is 0 Å². The highest BCUT2D eigenvalue weighted by Crippen LogP contribution is 2.37. The number of carbonyl (C=O) groups is 1. The van der Waals surface area contributed by atoms with Crippen molar-refractivity contribution < 1.29 is 4.79 Å². The first kappa shape index (κ1) is 24.8. The molecule has 0 saturated heterocycles. The van der Waals surface area contributed by atoms with Gasteiger partial charge in [-0.1, -0.05) is 12.5 Å². The molecule has 5 nitrogen and oxygen atoms in total. The van der Waals surface area contributed by atoms with Crippen LogP contribution in [0.3, 0.4) is 0 Å². The Morgan fingerprint density at radius 2 is 1.76 bits per heavy atom. The molecule has 0 atom stereocenters. The smallest absolute Gasteiger partial charge is 0.320 e. The minimum Gasteiger partial charge on any atom is -0.334 e. The van der Waals surface area contributed by atoms with E-state index < -0.39 is 0 Å². The van der Waals surface area contributed by atoms with Crippen LogP contribution in [0.4, 0.5) is 9.80 Å². The van der Waals surface area contributed by atoms with Gasteiger partial charge in [0.15, 0.2) is 0 Å². The molecule has 1 aliphatic heterocycles. The first-order chi connectivity index (χ1) is 16.3. The zero-order chi connectivity index (χ0) is 24.4. The van der Waals surface area contributed by atoms with Gasteiger partial charge in [-0.25, -0.2) is 4.79 Å². The van der Waals surface area contributed by atoms with Gasteiger partial charge in [-0.2, -0.15) is 0 Å². The fourth-order valence-electron chi connectivity index (χ4n) is 5.62. The summed E-state index contributed by atoms with van der Waals surface area (Å²) in [6.07, 6.45) is 5.82. The lowest BCUT2D eigenvalue weighted by molar-refractivity contribution is 0.253. The molecular formula is C28H40N4OS. The lowest BCUT2D eigenvalue weighted by Gasteiger charge is -2.31. The van der Waals surface area contributed by atoms with Gasteiger partial charge < -0.3 is 9.88 Å². The highest BCUT2D eigenvalue weighted by molar-refractivity contribution is 7.16. The van der Waals surface area contributed by atoms with E-state index in [1.165, 1.54) is 62.6 Å². The van der Waals surface area contributed by atoms with E-state index in [2.05, 4.69) is 73.8 Å². The van der Waals surface area contributed by atoms with E-state index in [0.717, 1.165) is 43.9 Å². The third-order valence-corrected chi connectivity index (χ3v) is 8.91. The standard InChI is InChI=1S/C28H40N4OS/c1-7-31-15-14-23(18(2)17-31)25(22(6)32-19(3)12-13-20(32)4)16-29-28(33)30-27-21(5)24-10-8-9-11-26(24)34-27/h12-13H,7-11,14-17H2,1-6H3,(H2,29,30,33)/b25-22+. The predicted octanol–water partition coefficient (Wildman–Crippen LogP) is 6.45. The summed E-state index contributed by atoms with van der Waals surface area (Å²) in [4.78, 5) is 17.0. The number of hydrogen-bond donors (Lipinski definition) is 2. The second kappa shape index (κ2) is 10.5. The van der Waals surface area contributed by atoms with Crippen LogP contribution >= 0.6 is 11.3 Å². The van der Waals surface area contributed by atoms with Gasteiger partial charge in [-0.05, 0) is 108 Å². The van der Waals surface area contributed by atoms with Gasteiger partial charge in [0.1, 0.15) is 0 Å². The van der Waals surface area contributed by atoms with Crippen LogP contribution in [-0.2, 0) is 12.8 Å². The molecule has 2 amide bonds. The summed E-state index contributed by atoms with van der Waals surface area (Å²) >= 11 is 1.76. The second-order valence-corrected chi connectivity index (χ2v) is 11.0. The van der Waals surface area contributed by atoms with Crippen LogP contribution in [0.15, 0.2) is 28.9 Å². The first-order valence-electron chi connectivity index (χ1n) is 12.7. The molecule has 0 aromatic carbocycles. The Hall–Kier alpha value is -2.31. The SMILES string of the molecule is CCN1CCC(/C(CNC(=O)Nc2sc3c(c2C)CCCC3)=C(\C)n2c(C)ccc2C)=C(C)C1. The van der Waals surface area contributed by atoms with Gasteiger partial charge >= 0.3 is 6.03 Å². The van der Waals surface area contributed by atoms with Gasteiger partial charge in [0, 0.05) is 41.6 Å². The monoisotopic (exact) mass is 480 g/mol.